The van der Waals surface area contributed by atoms with Crippen molar-refractivity contribution >= 4 is 11.5 Å². The Hall–Kier alpha value is -2.75. The van der Waals surface area contributed by atoms with E-state index in [0.717, 1.165) is 11.1 Å². The van der Waals surface area contributed by atoms with Gasteiger partial charge in [-0.15, -0.1) is 0 Å². The zero-order valence-electron chi connectivity index (χ0n) is 11.6. The first kappa shape index (κ1) is 14.7. The monoisotopic (exact) mass is 284 g/mol. The van der Waals surface area contributed by atoms with Crippen molar-refractivity contribution in [3.05, 3.63) is 71.5 Å². The van der Waals surface area contributed by atoms with Crippen molar-refractivity contribution in [1.29, 1.82) is 0 Å². The third kappa shape index (κ3) is 3.63. The summed E-state index contributed by atoms with van der Waals surface area (Å²) >= 11 is 0. The minimum absolute atomic E-state index is 0.103. The molecule has 0 radical (unpaired) electrons. The number of aromatic hydroxyl groups is 1. The Bertz CT molecular complexity index is 657. The van der Waals surface area contributed by atoms with E-state index in [-0.39, 0.29) is 11.3 Å². The Morgan fingerprint density at radius 3 is 2.38 bits per heavy atom. The number of aliphatic carboxylic acids is 1. The van der Waals surface area contributed by atoms with Crippen LogP contribution in [0, 0.1) is 0 Å². The third-order valence-electron chi connectivity index (χ3n) is 3.12. The van der Waals surface area contributed by atoms with Crippen LogP contribution in [0.3, 0.4) is 0 Å². The van der Waals surface area contributed by atoms with E-state index in [0.29, 0.717) is 12.0 Å². The van der Waals surface area contributed by atoms with E-state index in [4.69, 9.17) is 9.84 Å². The number of carbonyl (C=O) groups is 1. The Balaban J connectivity index is 2.21. The Morgan fingerprint density at radius 1 is 1.14 bits per heavy atom. The first-order chi connectivity index (χ1) is 10.1. The van der Waals surface area contributed by atoms with E-state index in [9.17, 15) is 9.90 Å². The van der Waals surface area contributed by atoms with Crippen LogP contribution in [0.2, 0.25) is 0 Å². The number of para-hydroxylation sites is 1. The molecule has 0 aliphatic rings. The molecule has 0 atom stereocenters. The van der Waals surface area contributed by atoms with E-state index in [1.165, 1.54) is 13.4 Å². The molecule has 0 heterocycles. The number of phenolic OH excluding ortho intramolecular Hbond substituents is 1. The number of ether oxygens (including phenoxy) is 1. The normalized spacial score (nSPS) is 11.2. The zero-order valence-corrected chi connectivity index (χ0v) is 11.6. The van der Waals surface area contributed by atoms with Gasteiger partial charge < -0.3 is 14.9 Å². The predicted octanol–water partition coefficient (Wildman–Crippen LogP) is 3.05. The number of hydrogen-bond donors (Lipinski definition) is 2. The Morgan fingerprint density at radius 2 is 1.81 bits per heavy atom. The van der Waals surface area contributed by atoms with Crippen LogP contribution in [0.5, 0.6) is 5.75 Å². The summed E-state index contributed by atoms with van der Waals surface area (Å²) in [5.74, 6) is -0.780. The molecular weight excluding hydrogens is 268 g/mol. The van der Waals surface area contributed by atoms with Gasteiger partial charge in [-0.2, -0.15) is 0 Å². The van der Waals surface area contributed by atoms with Crippen LogP contribution in [0.15, 0.2) is 54.8 Å². The molecule has 2 rings (SSSR count). The Labute approximate surface area is 122 Å². The molecule has 0 amide bonds. The minimum atomic E-state index is -1.04. The van der Waals surface area contributed by atoms with Crippen molar-refractivity contribution < 1.29 is 19.7 Å². The molecule has 2 N–H and O–H groups in total. The number of benzene rings is 2. The number of hydrogen-bond acceptors (Lipinski definition) is 3. The van der Waals surface area contributed by atoms with E-state index in [2.05, 4.69) is 0 Å². The molecule has 0 aliphatic carbocycles. The molecule has 2 aromatic rings. The zero-order chi connectivity index (χ0) is 15.2. The first-order valence-corrected chi connectivity index (χ1v) is 6.44. The highest BCUT2D eigenvalue weighted by Crippen LogP contribution is 2.21. The molecular formula is C17H16O4. The fourth-order valence-electron chi connectivity index (χ4n) is 2.04. The molecule has 0 bridgehead atoms. The summed E-state index contributed by atoms with van der Waals surface area (Å²) in [6.07, 6.45) is 1.80. The second kappa shape index (κ2) is 6.61. The lowest BCUT2D eigenvalue weighted by molar-refractivity contribution is -0.130. The van der Waals surface area contributed by atoms with Gasteiger partial charge in [-0.05, 0) is 22.8 Å². The van der Waals surface area contributed by atoms with Crippen LogP contribution in [0.1, 0.15) is 16.7 Å². The summed E-state index contributed by atoms with van der Waals surface area (Å²) in [7, 11) is 1.41. The quantitative estimate of drug-likeness (QED) is 0.654. The van der Waals surface area contributed by atoms with Crippen LogP contribution in [0.4, 0.5) is 0 Å². The summed E-state index contributed by atoms with van der Waals surface area (Å²) < 4.78 is 4.79. The van der Waals surface area contributed by atoms with Gasteiger partial charge in [0.05, 0.1) is 13.4 Å². The van der Waals surface area contributed by atoms with E-state index >= 15 is 0 Å². The fraction of sp³-hybridized carbons (Fsp3) is 0.118. The molecule has 2 aromatic carbocycles. The van der Waals surface area contributed by atoms with Crippen molar-refractivity contribution in [3.8, 4) is 5.75 Å². The number of carboxylic acid groups (broad SMARTS) is 1. The van der Waals surface area contributed by atoms with Gasteiger partial charge in [-0.1, -0.05) is 42.5 Å². The van der Waals surface area contributed by atoms with Crippen molar-refractivity contribution in [1.82, 2.24) is 0 Å². The molecule has 4 heteroatoms. The molecule has 0 aromatic heterocycles. The Kier molecular flexibility index (Phi) is 4.61. The van der Waals surface area contributed by atoms with Crippen LogP contribution in [-0.4, -0.2) is 23.3 Å². The van der Waals surface area contributed by atoms with Gasteiger partial charge in [0.1, 0.15) is 11.3 Å². The number of rotatable bonds is 5. The van der Waals surface area contributed by atoms with Gasteiger partial charge in [0, 0.05) is 6.42 Å². The highest BCUT2D eigenvalue weighted by Gasteiger charge is 2.11. The fourth-order valence-corrected chi connectivity index (χ4v) is 2.04. The van der Waals surface area contributed by atoms with Gasteiger partial charge in [-0.25, -0.2) is 4.79 Å². The van der Waals surface area contributed by atoms with Crippen molar-refractivity contribution in [2.24, 2.45) is 0 Å². The van der Waals surface area contributed by atoms with Crippen molar-refractivity contribution in [2.45, 2.75) is 6.42 Å². The number of phenols is 1. The van der Waals surface area contributed by atoms with Crippen LogP contribution in [-0.2, 0) is 16.0 Å². The largest absolute Gasteiger partial charge is 0.508 e. The van der Waals surface area contributed by atoms with E-state index in [1.54, 1.807) is 24.3 Å². The summed E-state index contributed by atoms with van der Waals surface area (Å²) in [4.78, 5) is 11.1. The molecule has 0 fully saturated rings. The second-order valence-electron chi connectivity index (χ2n) is 4.57. The molecule has 0 unspecified atom stereocenters. The summed E-state index contributed by atoms with van der Waals surface area (Å²) in [6, 6.07) is 14.3. The summed E-state index contributed by atoms with van der Waals surface area (Å²) in [5.41, 5.74) is 2.50. The van der Waals surface area contributed by atoms with E-state index in [1.807, 2.05) is 24.3 Å². The van der Waals surface area contributed by atoms with Crippen molar-refractivity contribution in [3.63, 3.8) is 0 Å². The highest BCUT2D eigenvalue weighted by molar-refractivity contribution is 6.15. The SMILES string of the molecule is COC=C(C(=O)O)c1ccc(Cc2ccccc2O)cc1. The van der Waals surface area contributed by atoms with Crippen LogP contribution >= 0.6 is 0 Å². The highest BCUT2D eigenvalue weighted by atomic mass is 16.5. The standard InChI is InChI=1S/C17H16O4/c1-21-11-15(17(19)20)13-8-6-12(7-9-13)10-14-4-2-3-5-16(14)18/h2-9,11,18H,10H2,1H3,(H,19,20). The number of methoxy groups -OCH3 is 1. The van der Waals surface area contributed by atoms with Crippen molar-refractivity contribution in [2.75, 3.05) is 7.11 Å². The van der Waals surface area contributed by atoms with Gasteiger partial charge in [-0.3, -0.25) is 0 Å². The van der Waals surface area contributed by atoms with Gasteiger partial charge in [0.25, 0.3) is 0 Å². The van der Waals surface area contributed by atoms with Gasteiger partial charge >= 0.3 is 5.97 Å². The maximum absolute atomic E-state index is 11.1. The molecule has 0 aliphatic heterocycles. The van der Waals surface area contributed by atoms with E-state index < -0.39 is 5.97 Å². The molecule has 108 valence electrons. The molecule has 0 saturated heterocycles. The third-order valence-corrected chi connectivity index (χ3v) is 3.12. The molecule has 0 spiro atoms. The maximum Gasteiger partial charge on any atom is 0.339 e. The average Bonchev–Trinajstić information content (AvgIpc) is 2.48. The minimum Gasteiger partial charge on any atom is -0.508 e. The lowest BCUT2D eigenvalue weighted by atomic mass is 10.0. The van der Waals surface area contributed by atoms with Crippen LogP contribution in [0.25, 0.3) is 5.57 Å². The van der Waals surface area contributed by atoms with Crippen LogP contribution < -0.4 is 0 Å². The van der Waals surface area contributed by atoms with Gasteiger partial charge in [0.15, 0.2) is 0 Å². The molecule has 21 heavy (non-hydrogen) atoms. The maximum atomic E-state index is 11.1. The second-order valence-corrected chi connectivity index (χ2v) is 4.57. The topological polar surface area (TPSA) is 66.8 Å². The lowest BCUT2D eigenvalue weighted by Gasteiger charge is -2.07. The molecule has 0 saturated carbocycles. The van der Waals surface area contributed by atoms with Gasteiger partial charge in [0.2, 0.25) is 0 Å². The lowest BCUT2D eigenvalue weighted by Crippen LogP contribution is -2.00. The predicted molar refractivity (Wildman–Crippen MR) is 80.0 cm³/mol. The molecule has 4 nitrogen and oxygen atoms in total. The number of carboxylic acids is 1. The average molecular weight is 284 g/mol. The summed E-state index contributed by atoms with van der Waals surface area (Å²) in [6.45, 7) is 0. The first-order valence-electron chi connectivity index (χ1n) is 6.44. The summed E-state index contributed by atoms with van der Waals surface area (Å²) in [5, 5.41) is 18.9. The smallest absolute Gasteiger partial charge is 0.339 e.